The third-order valence-corrected chi connectivity index (χ3v) is 3.91. The molecule has 0 amide bonds. The summed E-state index contributed by atoms with van der Waals surface area (Å²) in [6.07, 6.45) is 0. The molecular formula is C15H12BrN3O2. The largest absolute Gasteiger partial charge is 0.287 e. The number of hydrogen-bond donors (Lipinski definition) is 0. The summed E-state index contributed by atoms with van der Waals surface area (Å²) in [5.74, 6) is 0. The van der Waals surface area contributed by atoms with Gasteiger partial charge in [-0.1, -0.05) is 30.3 Å². The van der Waals surface area contributed by atoms with Crippen LogP contribution in [0.15, 0.2) is 48.5 Å². The van der Waals surface area contributed by atoms with Crippen LogP contribution in [0.4, 0.5) is 11.4 Å². The molecule has 5 nitrogen and oxygen atoms in total. The van der Waals surface area contributed by atoms with Crippen molar-refractivity contribution in [3.8, 4) is 6.07 Å². The Morgan fingerprint density at radius 2 is 1.86 bits per heavy atom. The van der Waals surface area contributed by atoms with Gasteiger partial charge in [-0.2, -0.15) is 5.26 Å². The van der Waals surface area contributed by atoms with Crippen molar-refractivity contribution in [2.75, 3.05) is 3.93 Å². The van der Waals surface area contributed by atoms with Crippen LogP contribution in [0.1, 0.15) is 17.2 Å². The topological polar surface area (TPSA) is 70.2 Å². The van der Waals surface area contributed by atoms with Gasteiger partial charge in [0.15, 0.2) is 6.04 Å². The van der Waals surface area contributed by atoms with Gasteiger partial charge in [0.2, 0.25) is 0 Å². The van der Waals surface area contributed by atoms with Gasteiger partial charge in [0.05, 0.1) is 38.4 Å². The highest BCUT2D eigenvalue weighted by atomic mass is 79.9. The summed E-state index contributed by atoms with van der Waals surface area (Å²) in [5.41, 5.74) is 2.04. The molecule has 0 aromatic heterocycles. The SMILES string of the molecule is Cc1ccccc1N(Br)C(C#N)c1ccccc1[N+](=O)[O-]. The van der Waals surface area contributed by atoms with Crippen LogP contribution in [0.2, 0.25) is 0 Å². The van der Waals surface area contributed by atoms with Crippen LogP contribution in [0, 0.1) is 28.4 Å². The molecule has 2 aromatic rings. The van der Waals surface area contributed by atoms with Gasteiger partial charge in [0.25, 0.3) is 5.69 Å². The lowest BCUT2D eigenvalue weighted by molar-refractivity contribution is -0.385. The molecule has 0 aliphatic rings. The first-order valence-electron chi connectivity index (χ1n) is 6.20. The second-order valence-corrected chi connectivity index (χ2v) is 5.21. The second kappa shape index (κ2) is 6.37. The van der Waals surface area contributed by atoms with E-state index in [1.54, 1.807) is 22.1 Å². The second-order valence-electron chi connectivity index (χ2n) is 4.45. The molecule has 0 saturated carbocycles. The molecular weight excluding hydrogens is 334 g/mol. The monoisotopic (exact) mass is 345 g/mol. The molecule has 21 heavy (non-hydrogen) atoms. The van der Waals surface area contributed by atoms with E-state index in [-0.39, 0.29) is 5.69 Å². The normalized spacial score (nSPS) is 11.5. The molecule has 0 bridgehead atoms. The summed E-state index contributed by atoms with van der Waals surface area (Å²) in [4.78, 5) is 10.7. The molecule has 106 valence electrons. The molecule has 1 atom stereocenters. The predicted octanol–water partition coefficient (Wildman–Crippen LogP) is 4.28. The van der Waals surface area contributed by atoms with Crippen LogP contribution < -0.4 is 3.93 Å². The lowest BCUT2D eigenvalue weighted by Gasteiger charge is -2.23. The number of rotatable bonds is 4. The molecule has 0 aliphatic heterocycles. The van der Waals surface area contributed by atoms with E-state index in [1.165, 1.54) is 6.07 Å². The van der Waals surface area contributed by atoms with Gasteiger partial charge < -0.3 is 0 Å². The lowest BCUT2D eigenvalue weighted by atomic mass is 10.0. The third kappa shape index (κ3) is 3.03. The summed E-state index contributed by atoms with van der Waals surface area (Å²) in [6.45, 7) is 1.91. The highest BCUT2D eigenvalue weighted by molar-refractivity contribution is 9.10. The number of para-hydroxylation sites is 2. The molecule has 0 saturated heterocycles. The first kappa shape index (κ1) is 15.0. The molecule has 0 aliphatic carbocycles. The number of nitro benzene ring substituents is 1. The van der Waals surface area contributed by atoms with Crippen LogP contribution in [0.3, 0.4) is 0 Å². The fourth-order valence-corrected chi connectivity index (χ4v) is 2.78. The summed E-state index contributed by atoms with van der Waals surface area (Å²) < 4.78 is 1.57. The van der Waals surface area contributed by atoms with E-state index in [0.29, 0.717) is 5.56 Å². The van der Waals surface area contributed by atoms with Gasteiger partial charge in [0, 0.05) is 6.07 Å². The number of nitro groups is 1. The van der Waals surface area contributed by atoms with E-state index in [1.807, 2.05) is 31.2 Å². The van der Waals surface area contributed by atoms with Crippen molar-refractivity contribution < 1.29 is 4.92 Å². The standard InChI is InChI=1S/C15H12BrN3O2/c1-11-6-2-4-8-13(11)18(16)15(10-17)12-7-3-5-9-14(12)19(20)21/h2-9,15H,1H3. The van der Waals surface area contributed by atoms with Gasteiger partial charge >= 0.3 is 0 Å². The number of halogens is 1. The zero-order valence-corrected chi connectivity index (χ0v) is 12.8. The van der Waals surface area contributed by atoms with Crippen molar-refractivity contribution in [1.29, 1.82) is 5.26 Å². The minimum Gasteiger partial charge on any atom is -0.287 e. The number of nitriles is 1. The Morgan fingerprint density at radius 3 is 2.48 bits per heavy atom. The maximum Gasteiger partial charge on any atom is 0.275 e. The molecule has 1 unspecified atom stereocenters. The Bertz CT molecular complexity index is 712. The highest BCUT2D eigenvalue weighted by Gasteiger charge is 2.26. The molecule has 2 rings (SSSR count). The van der Waals surface area contributed by atoms with Crippen molar-refractivity contribution >= 4 is 27.5 Å². The Kier molecular flexibility index (Phi) is 4.55. The maximum atomic E-state index is 11.1. The minimum atomic E-state index is -0.798. The van der Waals surface area contributed by atoms with Gasteiger partial charge in [-0.3, -0.25) is 14.0 Å². The van der Waals surface area contributed by atoms with Crippen molar-refractivity contribution in [2.24, 2.45) is 0 Å². The van der Waals surface area contributed by atoms with Crippen molar-refractivity contribution in [2.45, 2.75) is 13.0 Å². The molecule has 2 aromatic carbocycles. The average Bonchev–Trinajstić information content (AvgIpc) is 2.48. The lowest BCUT2D eigenvalue weighted by Crippen LogP contribution is -2.18. The van der Waals surface area contributed by atoms with Crippen LogP contribution in [-0.4, -0.2) is 4.92 Å². The van der Waals surface area contributed by atoms with E-state index in [4.69, 9.17) is 0 Å². The van der Waals surface area contributed by atoms with E-state index in [9.17, 15) is 15.4 Å². The Hall–Kier alpha value is -2.39. The van der Waals surface area contributed by atoms with E-state index < -0.39 is 11.0 Å². The average molecular weight is 346 g/mol. The number of nitrogens with zero attached hydrogens (tertiary/aromatic N) is 3. The summed E-state index contributed by atoms with van der Waals surface area (Å²) in [6, 6.07) is 15.1. The fourth-order valence-electron chi connectivity index (χ4n) is 2.07. The number of hydrogen-bond acceptors (Lipinski definition) is 4. The Morgan fingerprint density at radius 1 is 1.24 bits per heavy atom. The van der Waals surface area contributed by atoms with Crippen molar-refractivity contribution in [3.63, 3.8) is 0 Å². The first-order valence-corrected chi connectivity index (χ1v) is 6.90. The van der Waals surface area contributed by atoms with Gasteiger partial charge in [-0.25, -0.2) is 0 Å². The van der Waals surface area contributed by atoms with Gasteiger partial charge in [-0.15, -0.1) is 0 Å². The molecule has 0 N–H and O–H groups in total. The molecule has 0 heterocycles. The molecule has 0 spiro atoms. The zero-order chi connectivity index (χ0) is 15.4. The number of anilines is 1. The van der Waals surface area contributed by atoms with Crippen molar-refractivity contribution in [1.82, 2.24) is 0 Å². The van der Waals surface area contributed by atoms with E-state index >= 15 is 0 Å². The van der Waals surface area contributed by atoms with Crippen LogP contribution in [0.25, 0.3) is 0 Å². The summed E-state index contributed by atoms with van der Waals surface area (Å²) >= 11 is 3.37. The smallest absolute Gasteiger partial charge is 0.275 e. The zero-order valence-electron chi connectivity index (χ0n) is 11.2. The predicted molar refractivity (Wildman–Crippen MR) is 84.0 cm³/mol. The fraction of sp³-hybridized carbons (Fsp3) is 0.133. The molecule has 0 radical (unpaired) electrons. The van der Waals surface area contributed by atoms with E-state index in [2.05, 4.69) is 22.2 Å². The maximum absolute atomic E-state index is 11.1. The van der Waals surface area contributed by atoms with Crippen molar-refractivity contribution in [3.05, 3.63) is 69.8 Å². The van der Waals surface area contributed by atoms with Crippen LogP contribution >= 0.6 is 16.1 Å². The number of aryl methyl sites for hydroxylation is 1. The molecule has 0 fully saturated rings. The van der Waals surface area contributed by atoms with Gasteiger partial charge in [0.1, 0.15) is 0 Å². The van der Waals surface area contributed by atoms with Crippen LogP contribution in [0.5, 0.6) is 0 Å². The third-order valence-electron chi connectivity index (χ3n) is 3.12. The summed E-state index contributed by atoms with van der Waals surface area (Å²) in [7, 11) is 0. The van der Waals surface area contributed by atoms with E-state index in [0.717, 1.165) is 11.3 Å². The first-order chi connectivity index (χ1) is 10.1. The quantitative estimate of drug-likeness (QED) is 0.471. The number of benzene rings is 2. The summed E-state index contributed by atoms with van der Waals surface area (Å²) in [5, 5.41) is 20.6. The van der Waals surface area contributed by atoms with Gasteiger partial charge in [-0.05, 0) is 24.6 Å². The Balaban J connectivity index is 2.49. The minimum absolute atomic E-state index is 0.0675. The highest BCUT2D eigenvalue weighted by Crippen LogP contribution is 2.35. The van der Waals surface area contributed by atoms with Crippen LogP contribution in [-0.2, 0) is 0 Å². The molecule has 6 heteroatoms. The Labute approximate surface area is 130 Å².